The number of carbonyl (C=O) groups excluding carboxylic acids is 1. The summed E-state index contributed by atoms with van der Waals surface area (Å²) >= 11 is 0. The van der Waals surface area contributed by atoms with E-state index in [-0.39, 0.29) is 5.97 Å². The summed E-state index contributed by atoms with van der Waals surface area (Å²) in [6, 6.07) is -0.716. The minimum atomic E-state index is -0.933. The molecule has 6 heteroatoms. The summed E-state index contributed by atoms with van der Waals surface area (Å²) in [6.45, 7) is 4.87. The van der Waals surface area contributed by atoms with Crippen LogP contribution in [0.2, 0.25) is 0 Å². The number of hydrogen-bond acceptors (Lipinski definition) is 5. The normalized spacial score (nSPS) is 11.1. The second-order valence-electron chi connectivity index (χ2n) is 3.78. The van der Waals surface area contributed by atoms with Gasteiger partial charge < -0.3 is 21.3 Å². The fourth-order valence-electron chi connectivity index (χ4n) is 1.07. The monoisotopic (exact) mass is 262 g/mol. The third-order valence-corrected chi connectivity index (χ3v) is 2.05. The molecule has 108 valence electrons. The van der Waals surface area contributed by atoms with Crippen LogP contribution < -0.4 is 11.5 Å². The van der Waals surface area contributed by atoms with Gasteiger partial charge in [-0.15, -0.1) is 0 Å². The van der Waals surface area contributed by atoms with Crippen LogP contribution in [-0.2, 0) is 14.3 Å². The topological polar surface area (TPSA) is 116 Å². The molecule has 0 spiro atoms. The van der Waals surface area contributed by atoms with Crippen LogP contribution >= 0.6 is 0 Å². The first-order valence-electron chi connectivity index (χ1n) is 6.33. The van der Waals surface area contributed by atoms with Crippen molar-refractivity contribution in [3.8, 4) is 0 Å². The molecule has 18 heavy (non-hydrogen) atoms. The second-order valence-corrected chi connectivity index (χ2v) is 3.78. The van der Waals surface area contributed by atoms with Gasteiger partial charge in [0.05, 0.1) is 6.61 Å². The van der Waals surface area contributed by atoms with Gasteiger partial charge in [0.1, 0.15) is 6.04 Å². The molecule has 0 heterocycles. The second kappa shape index (κ2) is 13.9. The molecule has 5 N–H and O–H groups in total. The summed E-state index contributed by atoms with van der Waals surface area (Å²) in [5, 5.41) is 8.33. The first kappa shape index (κ1) is 19.2. The molecule has 6 nitrogen and oxygen atoms in total. The minimum absolute atomic E-state index is 0.0880. The Hall–Kier alpha value is -1.14. The lowest BCUT2D eigenvalue weighted by Crippen LogP contribution is -2.29. The van der Waals surface area contributed by atoms with E-state index in [2.05, 4.69) is 4.74 Å². The standard InChI is InChI=1S/C6H14N2O2.C6H12O2/c7-4-2-1-3-5(8)6(9)10;1-3-5-6(7)8-4-2/h5H,1-4,7-8H2,(H,9,10);3-5H2,1-2H3/t5-;/m0./s1. The molecule has 0 fully saturated rings. The number of rotatable bonds is 8. The molecule has 0 saturated heterocycles. The molecule has 0 aromatic rings. The SMILES string of the molecule is CCCC(=O)OCC.NCCCC[C@H](N)C(=O)O. The van der Waals surface area contributed by atoms with E-state index in [1.54, 1.807) is 0 Å². The first-order valence-corrected chi connectivity index (χ1v) is 6.33. The number of carboxylic acids is 1. The van der Waals surface area contributed by atoms with Crippen molar-refractivity contribution >= 4 is 11.9 Å². The number of ether oxygens (including phenoxy) is 1. The van der Waals surface area contributed by atoms with Gasteiger partial charge in [0, 0.05) is 6.42 Å². The Kier molecular flexibility index (Phi) is 14.9. The molecule has 0 rings (SSSR count). The van der Waals surface area contributed by atoms with E-state index in [1.165, 1.54) is 0 Å². The van der Waals surface area contributed by atoms with Crippen LogP contribution in [0.4, 0.5) is 0 Å². The Bertz CT molecular complexity index is 214. The molecular formula is C12H26N2O4. The average Bonchev–Trinajstić information content (AvgIpc) is 2.30. The predicted molar refractivity (Wildman–Crippen MR) is 70.1 cm³/mol. The molecule has 0 aromatic carbocycles. The molecule has 0 unspecified atom stereocenters. The number of carboxylic acid groups (broad SMARTS) is 1. The maximum atomic E-state index is 10.4. The maximum absolute atomic E-state index is 10.4. The van der Waals surface area contributed by atoms with Gasteiger partial charge in [0.2, 0.25) is 0 Å². The van der Waals surface area contributed by atoms with E-state index in [1.807, 2.05) is 13.8 Å². The number of nitrogens with two attached hydrogens (primary N) is 2. The zero-order chi connectivity index (χ0) is 14.4. The van der Waals surface area contributed by atoms with Gasteiger partial charge in [0.15, 0.2) is 0 Å². The highest BCUT2D eigenvalue weighted by Crippen LogP contribution is 1.96. The van der Waals surface area contributed by atoms with Crippen LogP contribution in [0.1, 0.15) is 46.0 Å². The van der Waals surface area contributed by atoms with E-state index >= 15 is 0 Å². The van der Waals surface area contributed by atoms with Crippen molar-refractivity contribution in [1.82, 2.24) is 0 Å². The van der Waals surface area contributed by atoms with E-state index in [9.17, 15) is 9.59 Å². The lowest BCUT2D eigenvalue weighted by atomic mass is 10.1. The summed E-state index contributed by atoms with van der Waals surface area (Å²) in [7, 11) is 0. The molecule has 0 amide bonds. The van der Waals surface area contributed by atoms with Crippen LogP contribution in [0.5, 0.6) is 0 Å². The quantitative estimate of drug-likeness (QED) is 0.441. The summed E-state index contributed by atoms with van der Waals surface area (Å²) in [5.74, 6) is -1.02. The number of aliphatic carboxylic acids is 1. The van der Waals surface area contributed by atoms with Gasteiger partial charge in [-0.3, -0.25) is 9.59 Å². The van der Waals surface area contributed by atoms with Crippen LogP contribution in [0.15, 0.2) is 0 Å². The van der Waals surface area contributed by atoms with Crippen LogP contribution in [-0.4, -0.2) is 36.2 Å². The van der Waals surface area contributed by atoms with Crippen LogP contribution in [0.25, 0.3) is 0 Å². The molecule has 0 aliphatic rings. The number of carbonyl (C=O) groups is 2. The van der Waals surface area contributed by atoms with Crippen molar-refractivity contribution in [2.45, 2.75) is 52.0 Å². The van der Waals surface area contributed by atoms with Crippen molar-refractivity contribution in [1.29, 1.82) is 0 Å². The third kappa shape index (κ3) is 14.9. The summed E-state index contributed by atoms with van der Waals surface area (Å²) in [4.78, 5) is 20.6. The Morgan fingerprint density at radius 2 is 1.89 bits per heavy atom. The first-order chi connectivity index (χ1) is 8.49. The summed E-state index contributed by atoms with van der Waals surface area (Å²) in [5.41, 5.74) is 10.4. The molecular weight excluding hydrogens is 236 g/mol. The molecule has 1 atom stereocenters. The Labute approximate surface area is 109 Å². The molecule has 0 saturated carbocycles. The van der Waals surface area contributed by atoms with Gasteiger partial charge in [-0.2, -0.15) is 0 Å². The number of esters is 1. The smallest absolute Gasteiger partial charge is 0.320 e. The van der Waals surface area contributed by atoms with Crippen molar-refractivity contribution in [3.63, 3.8) is 0 Å². The van der Waals surface area contributed by atoms with Gasteiger partial charge in [0.25, 0.3) is 0 Å². The van der Waals surface area contributed by atoms with E-state index in [0.717, 1.165) is 19.3 Å². The zero-order valence-electron chi connectivity index (χ0n) is 11.4. The average molecular weight is 262 g/mol. The third-order valence-electron chi connectivity index (χ3n) is 2.05. The number of hydrogen-bond donors (Lipinski definition) is 3. The van der Waals surface area contributed by atoms with Gasteiger partial charge in [-0.1, -0.05) is 13.3 Å². The highest BCUT2D eigenvalue weighted by atomic mass is 16.5. The largest absolute Gasteiger partial charge is 0.480 e. The Balaban J connectivity index is 0. The molecule has 0 aliphatic carbocycles. The van der Waals surface area contributed by atoms with Crippen molar-refractivity contribution in [2.75, 3.05) is 13.2 Å². The Morgan fingerprint density at radius 3 is 2.28 bits per heavy atom. The zero-order valence-corrected chi connectivity index (χ0v) is 11.4. The summed E-state index contributed by atoms with van der Waals surface area (Å²) in [6.07, 6.45) is 3.59. The lowest BCUT2D eigenvalue weighted by Gasteiger charge is -2.03. The minimum Gasteiger partial charge on any atom is -0.480 e. The highest BCUT2D eigenvalue weighted by molar-refractivity contribution is 5.72. The van der Waals surface area contributed by atoms with Crippen molar-refractivity contribution in [3.05, 3.63) is 0 Å². The Morgan fingerprint density at radius 1 is 1.28 bits per heavy atom. The molecule has 0 bridgehead atoms. The molecule has 0 aromatic heterocycles. The highest BCUT2D eigenvalue weighted by Gasteiger charge is 2.09. The van der Waals surface area contributed by atoms with E-state index in [4.69, 9.17) is 16.6 Å². The van der Waals surface area contributed by atoms with E-state index < -0.39 is 12.0 Å². The van der Waals surface area contributed by atoms with Crippen LogP contribution in [0.3, 0.4) is 0 Å². The maximum Gasteiger partial charge on any atom is 0.320 e. The van der Waals surface area contributed by atoms with Gasteiger partial charge in [-0.05, 0) is 32.7 Å². The van der Waals surface area contributed by atoms with Crippen molar-refractivity contribution < 1.29 is 19.4 Å². The summed E-state index contributed by atoms with van der Waals surface area (Å²) < 4.78 is 4.64. The van der Waals surface area contributed by atoms with Crippen molar-refractivity contribution in [2.24, 2.45) is 11.5 Å². The predicted octanol–water partition coefficient (Wildman–Crippen LogP) is 0.877. The molecule has 0 radical (unpaired) electrons. The van der Waals surface area contributed by atoms with Crippen LogP contribution in [0, 0.1) is 0 Å². The fraction of sp³-hybridized carbons (Fsp3) is 0.833. The number of unbranched alkanes of at least 4 members (excludes halogenated alkanes) is 1. The van der Waals surface area contributed by atoms with Gasteiger partial charge in [-0.25, -0.2) is 0 Å². The molecule has 0 aliphatic heterocycles. The lowest BCUT2D eigenvalue weighted by molar-refractivity contribution is -0.143. The van der Waals surface area contributed by atoms with E-state index in [0.29, 0.717) is 26.0 Å². The fourth-order valence-corrected chi connectivity index (χ4v) is 1.07. The van der Waals surface area contributed by atoms with Gasteiger partial charge >= 0.3 is 11.9 Å².